The van der Waals surface area contributed by atoms with Gasteiger partial charge in [0.25, 0.3) is 0 Å². The molecule has 4 heteroatoms. The lowest BCUT2D eigenvalue weighted by Gasteiger charge is -2.20. The number of halogens is 2. The highest BCUT2D eigenvalue weighted by Gasteiger charge is 2.25. The summed E-state index contributed by atoms with van der Waals surface area (Å²) in [5.74, 6) is -0.948. The van der Waals surface area contributed by atoms with Crippen LogP contribution in [0.3, 0.4) is 0 Å². The molecule has 1 heterocycles. The monoisotopic (exact) mass is 254 g/mol. The number of nitrogens with two attached hydrogens (primary N) is 1. The molecule has 0 amide bonds. The molecule has 18 heavy (non-hydrogen) atoms. The molecule has 2 N–H and O–H groups in total. The molecule has 0 aliphatic carbocycles. The van der Waals surface area contributed by atoms with Crippen LogP contribution in [0.15, 0.2) is 12.1 Å². The molecule has 0 spiro atoms. The first-order valence-electron chi connectivity index (χ1n) is 6.59. The van der Waals surface area contributed by atoms with Crippen molar-refractivity contribution >= 4 is 5.69 Å². The SMILES string of the molecule is CCCC1CCN(c2ccc(CN)c(F)c2F)C1. The van der Waals surface area contributed by atoms with Crippen LogP contribution in [-0.2, 0) is 6.54 Å². The van der Waals surface area contributed by atoms with Gasteiger partial charge < -0.3 is 10.6 Å². The van der Waals surface area contributed by atoms with E-state index in [1.807, 2.05) is 4.90 Å². The summed E-state index contributed by atoms with van der Waals surface area (Å²) in [6.45, 7) is 3.82. The van der Waals surface area contributed by atoms with E-state index in [9.17, 15) is 8.78 Å². The zero-order valence-corrected chi connectivity index (χ0v) is 10.8. The van der Waals surface area contributed by atoms with E-state index in [1.54, 1.807) is 12.1 Å². The summed E-state index contributed by atoms with van der Waals surface area (Å²) in [7, 11) is 0. The fourth-order valence-electron chi connectivity index (χ4n) is 2.68. The van der Waals surface area contributed by atoms with Crippen molar-refractivity contribution in [2.45, 2.75) is 32.7 Å². The average Bonchev–Trinajstić information content (AvgIpc) is 2.81. The van der Waals surface area contributed by atoms with Crippen molar-refractivity contribution in [2.75, 3.05) is 18.0 Å². The quantitative estimate of drug-likeness (QED) is 0.894. The van der Waals surface area contributed by atoms with E-state index in [1.165, 1.54) is 0 Å². The molecule has 0 radical (unpaired) electrons. The molecule has 1 fully saturated rings. The summed E-state index contributed by atoms with van der Waals surface area (Å²) >= 11 is 0. The van der Waals surface area contributed by atoms with Gasteiger partial charge in [-0.3, -0.25) is 0 Å². The molecule has 2 nitrogen and oxygen atoms in total. The lowest BCUT2D eigenvalue weighted by molar-refractivity contribution is 0.496. The summed E-state index contributed by atoms with van der Waals surface area (Å²) in [6.07, 6.45) is 3.36. The molecule has 2 rings (SSSR count). The highest BCUT2D eigenvalue weighted by atomic mass is 19.2. The second kappa shape index (κ2) is 5.65. The smallest absolute Gasteiger partial charge is 0.182 e. The van der Waals surface area contributed by atoms with Gasteiger partial charge in [0.2, 0.25) is 0 Å². The van der Waals surface area contributed by atoms with Gasteiger partial charge in [0.05, 0.1) is 5.69 Å². The summed E-state index contributed by atoms with van der Waals surface area (Å²) in [5.41, 5.74) is 5.98. The molecule has 0 bridgehead atoms. The Bertz CT molecular complexity index is 421. The van der Waals surface area contributed by atoms with Crippen LogP contribution in [-0.4, -0.2) is 13.1 Å². The third kappa shape index (κ3) is 2.48. The molecule has 1 aliphatic heterocycles. The molecular weight excluding hydrogens is 234 g/mol. The number of hydrogen-bond acceptors (Lipinski definition) is 2. The molecular formula is C14H20F2N2. The second-order valence-electron chi connectivity index (χ2n) is 4.97. The number of anilines is 1. The summed E-state index contributed by atoms with van der Waals surface area (Å²) in [5, 5.41) is 0. The fraction of sp³-hybridized carbons (Fsp3) is 0.571. The van der Waals surface area contributed by atoms with E-state index >= 15 is 0 Å². The van der Waals surface area contributed by atoms with Gasteiger partial charge in [-0.25, -0.2) is 8.78 Å². The maximum atomic E-state index is 13.9. The van der Waals surface area contributed by atoms with Gasteiger partial charge in [0.1, 0.15) is 0 Å². The molecule has 100 valence electrons. The summed E-state index contributed by atoms with van der Waals surface area (Å²) in [4.78, 5) is 1.94. The van der Waals surface area contributed by atoms with Crippen LogP contribution in [0.4, 0.5) is 14.5 Å². The van der Waals surface area contributed by atoms with Crippen LogP contribution in [0.1, 0.15) is 31.7 Å². The molecule has 0 saturated carbocycles. The largest absolute Gasteiger partial charge is 0.369 e. The fourth-order valence-corrected chi connectivity index (χ4v) is 2.68. The van der Waals surface area contributed by atoms with Crippen molar-refractivity contribution in [3.05, 3.63) is 29.3 Å². The summed E-state index contributed by atoms with van der Waals surface area (Å²) in [6, 6.07) is 3.23. The minimum Gasteiger partial charge on any atom is -0.369 e. The van der Waals surface area contributed by atoms with Gasteiger partial charge in [-0.05, 0) is 24.8 Å². The lowest BCUT2D eigenvalue weighted by Crippen LogP contribution is -2.21. The van der Waals surface area contributed by atoms with Gasteiger partial charge in [-0.2, -0.15) is 0 Å². The first kappa shape index (κ1) is 13.3. The Morgan fingerprint density at radius 2 is 2.11 bits per heavy atom. The van der Waals surface area contributed by atoms with E-state index in [0.29, 0.717) is 11.6 Å². The van der Waals surface area contributed by atoms with Gasteiger partial charge >= 0.3 is 0 Å². The van der Waals surface area contributed by atoms with Gasteiger partial charge in [-0.1, -0.05) is 19.4 Å². The highest BCUT2D eigenvalue weighted by molar-refractivity contribution is 5.50. The molecule has 1 aromatic rings. The Morgan fingerprint density at radius 1 is 1.33 bits per heavy atom. The van der Waals surface area contributed by atoms with Gasteiger partial charge in [0, 0.05) is 25.2 Å². The van der Waals surface area contributed by atoms with Crippen molar-refractivity contribution in [3.8, 4) is 0 Å². The average molecular weight is 254 g/mol. The van der Waals surface area contributed by atoms with Crippen LogP contribution in [0, 0.1) is 17.6 Å². The number of benzene rings is 1. The summed E-state index contributed by atoms with van der Waals surface area (Å²) < 4.78 is 27.6. The van der Waals surface area contributed by atoms with E-state index in [-0.39, 0.29) is 12.1 Å². The van der Waals surface area contributed by atoms with Crippen LogP contribution < -0.4 is 10.6 Å². The first-order valence-corrected chi connectivity index (χ1v) is 6.59. The molecule has 1 aliphatic rings. The highest BCUT2D eigenvalue weighted by Crippen LogP contribution is 2.30. The third-order valence-electron chi connectivity index (χ3n) is 3.69. The predicted octanol–water partition coefficient (Wildman–Crippen LogP) is 3.05. The predicted molar refractivity (Wildman–Crippen MR) is 69.5 cm³/mol. The van der Waals surface area contributed by atoms with E-state index in [2.05, 4.69) is 6.92 Å². The first-order chi connectivity index (χ1) is 8.67. The topological polar surface area (TPSA) is 29.3 Å². The molecule has 1 atom stereocenters. The standard InChI is InChI=1S/C14H20F2N2/c1-2-3-10-6-7-18(9-10)12-5-4-11(8-17)13(15)14(12)16/h4-5,10H,2-3,6-9,17H2,1H3. The third-order valence-corrected chi connectivity index (χ3v) is 3.69. The molecule has 1 aromatic carbocycles. The van der Waals surface area contributed by atoms with Gasteiger partial charge in [0.15, 0.2) is 11.6 Å². The Kier molecular flexibility index (Phi) is 4.17. The molecule has 1 unspecified atom stereocenters. The van der Waals surface area contributed by atoms with Crippen LogP contribution in [0.2, 0.25) is 0 Å². The maximum absolute atomic E-state index is 13.9. The van der Waals surface area contributed by atoms with Crippen molar-refractivity contribution in [2.24, 2.45) is 11.7 Å². The Balaban J connectivity index is 2.17. The Labute approximate surface area is 107 Å². The van der Waals surface area contributed by atoms with Crippen LogP contribution in [0.25, 0.3) is 0 Å². The van der Waals surface area contributed by atoms with Gasteiger partial charge in [-0.15, -0.1) is 0 Å². The number of rotatable bonds is 4. The Hall–Kier alpha value is -1.16. The molecule has 0 aromatic heterocycles. The van der Waals surface area contributed by atoms with E-state index in [4.69, 9.17) is 5.73 Å². The lowest BCUT2D eigenvalue weighted by atomic mass is 10.0. The van der Waals surface area contributed by atoms with Crippen LogP contribution >= 0.6 is 0 Å². The minimum atomic E-state index is -0.797. The Morgan fingerprint density at radius 3 is 2.78 bits per heavy atom. The number of nitrogens with zero attached hydrogens (tertiary/aromatic N) is 1. The van der Waals surface area contributed by atoms with Crippen molar-refractivity contribution in [1.29, 1.82) is 0 Å². The van der Waals surface area contributed by atoms with Crippen molar-refractivity contribution in [3.63, 3.8) is 0 Å². The second-order valence-corrected chi connectivity index (χ2v) is 4.97. The van der Waals surface area contributed by atoms with Crippen LogP contribution in [0.5, 0.6) is 0 Å². The normalized spacial score (nSPS) is 19.6. The zero-order chi connectivity index (χ0) is 13.1. The number of hydrogen-bond donors (Lipinski definition) is 1. The minimum absolute atomic E-state index is 0.0293. The van der Waals surface area contributed by atoms with E-state index in [0.717, 1.165) is 32.4 Å². The zero-order valence-electron chi connectivity index (χ0n) is 10.8. The van der Waals surface area contributed by atoms with E-state index < -0.39 is 11.6 Å². The van der Waals surface area contributed by atoms with Crippen molar-refractivity contribution in [1.82, 2.24) is 0 Å². The maximum Gasteiger partial charge on any atom is 0.182 e. The molecule has 1 saturated heterocycles. The van der Waals surface area contributed by atoms with Crippen molar-refractivity contribution < 1.29 is 8.78 Å².